The molecular formula is C47H57NO17S. The van der Waals surface area contributed by atoms with Crippen molar-refractivity contribution in [2.24, 2.45) is 16.7 Å². The van der Waals surface area contributed by atoms with E-state index >= 15 is 4.79 Å². The van der Waals surface area contributed by atoms with Crippen molar-refractivity contribution >= 4 is 54.0 Å². The number of hydrogen-bond acceptors (Lipinski definition) is 18. The fraction of sp³-hybridized carbons (Fsp3) is 0.553. The third-order valence-electron chi connectivity index (χ3n) is 13.2. The van der Waals surface area contributed by atoms with Crippen LogP contribution in [0.3, 0.4) is 0 Å². The first-order valence-electron chi connectivity index (χ1n) is 21.4. The highest BCUT2D eigenvalue weighted by Gasteiger charge is 2.78. The van der Waals surface area contributed by atoms with Crippen LogP contribution >= 0.6 is 11.8 Å². The molecular weight excluding hydrogens is 883 g/mol. The van der Waals surface area contributed by atoms with Gasteiger partial charge in [0.25, 0.3) is 6.47 Å². The van der Waals surface area contributed by atoms with E-state index in [-0.39, 0.29) is 47.7 Å². The van der Waals surface area contributed by atoms with Crippen molar-refractivity contribution in [3.63, 3.8) is 0 Å². The zero-order valence-electron chi connectivity index (χ0n) is 38.0. The van der Waals surface area contributed by atoms with Crippen molar-refractivity contribution in [2.45, 2.75) is 128 Å². The second kappa shape index (κ2) is 19.1. The van der Waals surface area contributed by atoms with Gasteiger partial charge in [-0.3, -0.25) is 19.2 Å². The molecule has 6 rings (SSSR count). The minimum absolute atomic E-state index is 0.0454. The second-order valence-corrected chi connectivity index (χ2v) is 19.7. The lowest BCUT2D eigenvalue weighted by molar-refractivity contribution is -0.346. The zero-order valence-corrected chi connectivity index (χ0v) is 38.8. The Morgan fingerprint density at radius 2 is 1.62 bits per heavy atom. The maximum absolute atomic E-state index is 15.1. The number of fused-ring (bicyclic) bond motifs is 5. The first kappa shape index (κ1) is 50.1. The summed E-state index contributed by atoms with van der Waals surface area (Å²) in [7, 11) is 0. The van der Waals surface area contributed by atoms with E-state index < -0.39 is 124 Å². The molecule has 358 valence electrons. The molecule has 18 nitrogen and oxygen atoms in total. The zero-order chi connectivity index (χ0) is 48.6. The summed E-state index contributed by atoms with van der Waals surface area (Å²) in [6.45, 7) is 11.7. The molecule has 19 heteroatoms. The van der Waals surface area contributed by atoms with E-state index in [0.717, 1.165) is 18.7 Å². The Balaban J connectivity index is 1.51. The van der Waals surface area contributed by atoms with Gasteiger partial charge in [0, 0.05) is 25.2 Å². The third kappa shape index (κ3) is 9.32. The fourth-order valence-corrected chi connectivity index (χ4v) is 10.5. The van der Waals surface area contributed by atoms with E-state index in [9.17, 15) is 44.1 Å². The van der Waals surface area contributed by atoms with Gasteiger partial charge < -0.3 is 53.8 Å². The molecule has 66 heavy (non-hydrogen) atoms. The first-order valence-corrected chi connectivity index (χ1v) is 22.6. The fourth-order valence-electron chi connectivity index (χ4n) is 10.0. The van der Waals surface area contributed by atoms with Crippen molar-refractivity contribution in [3.8, 4) is 0 Å². The number of ketones is 1. The Labute approximate surface area is 386 Å². The molecule has 4 aliphatic rings. The Morgan fingerprint density at radius 1 is 0.985 bits per heavy atom. The quantitative estimate of drug-likeness (QED) is 0.0526. The maximum Gasteiger partial charge on any atom is 0.408 e. The molecule has 3 aliphatic carbocycles. The van der Waals surface area contributed by atoms with E-state index in [1.807, 2.05) is 0 Å². The summed E-state index contributed by atoms with van der Waals surface area (Å²) in [5, 5.41) is 40.6. The summed E-state index contributed by atoms with van der Waals surface area (Å²) in [4.78, 5) is 94.8. The van der Waals surface area contributed by atoms with Crippen LogP contribution < -0.4 is 5.32 Å². The second-order valence-electron chi connectivity index (χ2n) is 18.8. The van der Waals surface area contributed by atoms with Gasteiger partial charge in [0.2, 0.25) is 6.10 Å². The predicted molar refractivity (Wildman–Crippen MR) is 232 cm³/mol. The average molecular weight is 940 g/mol. The number of thioether (sulfide) groups is 1. The van der Waals surface area contributed by atoms with E-state index in [1.54, 1.807) is 69.3 Å². The van der Waals surface area contributed by atoms with Crippen molar-refractivity contribution in [1.29, 1.82) is 0 Å². The normalized spacial score (nSPS) is 30.8. The summed E-state index contributed by atoms with van der Waals surface area (Å²) >= 11 is 0.849. The number of benzene rings is 2. The van der Waals surface area contributed by atoms with Crippen LogP contribution in [-0.4, -0.2) is 129 Å². The van der Waals surface area contributed by atoms with E-state index in [1.165, 1.54) is 39.8 Å². The van der Waals surface area contributed by atoms with Crippen LogP contribution in [0.5, 0.6) is 0 Å². The van der Waals surface area contributed by atoms with Crippen LogP contribution in [0.25, 0.3) is 0 Å². The van der Waals surface area contributed by atoms with Gasteiger partial charge in [0.05, 0.1) is 35.4 Å². The summed E-state index contributed by atoms with van der Waals surface area (Å²) in [5.41, 5.74) is -8.71. The SMILES string of the molecule is CC(=O)O[C@@]12CO[C@@H]1C[C@H](O)[C@@]1(C)C(=O)[C@H](O)C3=C(C)[C@@H](OC(=O)[C@H](OC(=O)CSCOC=O)[C@@H](NC(=O)OC(C)(C)C)c4ccccc4)C[C@@](O)([C@@H](OC(=O)c4ccccc4)[C@H]21)C3(C)C. The van der Waals surface area contributed by atoms with Crippen LogP contribution in [0, 0.1) is 16.7 Å². The monoisotopic (exact) mass is 939 g/mol. The molecule has 2 aromatic carbocycles. The van der Waals surface area contributed by atoms with Crippen LogP contribution in [0.4, 0.5) is 4.79 Å². The molecule has 0 spiro atoms. The summed E-state index contributed by atoms with van der Waals surface area (Å²) in [6.07, 6.45) is -11.9. The van der Waals surface area contributed by atoms with Crippen molar-refractivity contribution in [2.75, 3.05) is 18.3 Å². The Hall–Kier alpha value is -5.34. The molecule has 4 N–H and O–H groups in total. The van der Waals surface area contributed by atoms with Gasteiger partial charge in [-0.1, -0.05) is 62.4 Å². The lowest BCUT2D eigenvalue weighted by Crippen LogP contribution is -2.81. The molecule has 3 fully saturated rings. The predicted octanol–water partition coefficient (Wildman–Crippen LogP) is 3.67. The number of aliphatic hydroxyl groups excluding tert-OH is 2. The standard InChI is InChI=1S/C47H57NO17S/c1-25-29(61-41(56)36(62-32(52)21-66-24-59-23-49)34(27-15-11-9-12-16-27)48-42(57)65-43(3,4)5)20-47(58)39(63-40(55)28-17-13-10-14-18-28)37-45(8,38(54)35(53)33(25)44(47,6)7)30(51)19-31-46(37,22-60-31)64-26(2)50/h9-18,23,29-31,34-37,39,51,53,58H,19-22,24H2,1-8H3,(H,48,57)/t29-,30-,31+,34-,35+,36+,37-,39-,45+,46-,47+/m0/s1. The highest BCUT2D eigenvalue weighted by atomic mass is 32.2. The minimum Gasteiger partial charge on any atom is -0.457 e. The van der Waals surface area contributed by atoms with Gasteiger partial charge in [-0.15, -0.1) is 11.8 Å². The number of carbonyl (C=O) groups excluding carboxylic acids is 7. The number of hydrogen-bond donors (Lipinski definition) is 4. The molecule has 1 heterocycles. The van der Waals surface area contributed by atoms with Crippen molar-refractivity contribution < 1.29 is 82.0 Å². The number of carbonyl (C=O) groups is 7. The summed E-state index contributed by atoms with van der Waals surface area (Å²) < 4.78 is 40.4. The van der Waals surface area contributed by atoms with E-state index in [0.29, 0.717) is 0 Å². The number of nitrogens with one attached hydrogen (secondary N) is 1. The molecule has 1 saturated heterocycles. The molecule has 0 unspecified atom stereocenters. The number of rotatable bonds is 14. The number of Topliss-reactive ketones (excluding diaryl/α,β-unsaturated/α-hetero) is 1. The average Bonchev–Trinajstić information content (AvgIpc) is 3.24. The van der Waals surface area contributed by atoms with Crippen LogP contribution in [0.15, 0.2) is 71.8 Å². The lowest BCUT2D eigenvalue weighted by Gasteiger charge is -2.67. The van der Waals surface area contributed by atoms with E-state index in [4.69, 9.17) is 28.4 Å². The van der Waals surface area contributed by atoms with Gasteiger partial charge in [-0.2, -0.15) is 0 Å². The summed E-state index contributed by atoms with van der Waals surface area (Å²) in [5.74, 6) is -7.19. The lowest BCUT2D eigenvalue weighted by atomic mass is 9.44. The van der Waals surface area contributed by atoms with Crippen molar-refractivity contribution in [3.05, 3.63) is 82.9 Å². The highest BCUT2D eigenvalue weighted by molar-refractivity contribution is 7.99. The van der Waals surface area contributed by atoms with Crippen LogP contribution in [-0.2, 0) is 57.1 Å². The van der Waals surface area contributed by atoms with Gasteiger partial charge in [0.15, 0.2) is 11.4 Å². The minimum atomic E-state index is -2.44. The summed E-state index contributed by atoms with van der Waals surface area (Å²) in [6, 6.07) is 14.3. The molecule has 2 saturated carbocycles. The van der Waals surface area contributed by atoms with E-state index in [2.05, 4.69) is 10.1 Å². The molecule has 1 amide bonds. The number of ether oxygens (including phenoxy) is 7. The molecule has 2 bridgehead atoms. The van der Waals surface area contributed by atoms with Gasteiger partial charge >= 0.3 is 30.0 Å². The molecule has 0 aromatic heterocycles. The van der Waals surface area contributed by atoms with Crippen LogP contribution in [0.1, 0.15) is 90.2 Å². The Morgan fingerprint density at radius 3 is 2.20 bits per heavy atom. The number of esters is 4. The first-order chi connectivity index (χ1) is 30.9. The molecule has 1 aliphatic heterocycles. The van der Waals surface area contributed by atoms with Gasteiger partial charge in [-0.25, -0.2) is 14.4 Å². The smallest absolute Gasteiger partial charge is 0.408 e. The molecule has 0 radical (unpaired) electrons. The maximum atomic E-state index is 15.1. The molecule has 2 aromatic rings. The third-order valence-corrected chi connectivity index (χ3v) is 14.0. The number of amides is 1. The number of alkyl carbamates (subject to hydrolysis) is 1. The largest absolute Gasteiger partial charge is 0.457 e. The van der Waals surface area contributed by atoms with Gasteiger partial charge in [-0.05, 0) is 63.5 Å². The Kier molecular flexibility index (Phi) is 14.5. The number of aliphatic hydroxyl groups is 3. The highest BCUT2D eigenvalue weighted by Crippen LogP contribution is 2.64. The Bertz CT molecular complexity index is 2230. The van der Waals surface area contributed by atoms with Crippen LogP contribution in [0.2, 0.25) is 0 Å². The van der Waals surface area contributed by atoms with Crippen molar-refractivity contribution in [1.82, 2.24) is 5.32 Å². The topological polar surface area (TPSA) is 257 Å². The van der Waals surface area contributed by atoms with Gasteiger partial charge in [0.1, 0.15) is 47.6 Å². The molecule has 11 atom stereocenters.